The zero-order chi connectivity index (χ0) is 18.4. The Balaban J connectivity index is 2.00. The summed E-state index contributed by atoms with van der Waals surface area (Å²) in [5.74, 6) is -0.566. The third kappa shape index (κ3) is 2.31. The van der Waals surface area contributed by atoms with Gasteiger partial charge in [0.2, 0.25) is 0 Å². The number of hydrogen-bond donors (Lipinski definition) is 2. The molecule has 2 aromatic rings. The first kappa shape index (κ1) is 16.4. The fourth-order valence-electron chi connectivity index (χ4n) is 3.67. The van der Waals surface area contributed by atoms with Crippen molar-refractivity contribution >= 4 is 11.8 Å². The van der Waals surface area contributed by atoms with Gasteiger partial charge in [0, 0.05) is 6.54 Å². The van der Waals surface area contributed by atoms with Gasteiger partial charge in [-0.15, -0.1) is 0 Å². The quantitative estimate of drug-likeness (QED) is 0.816. The maximum atomic E-state index is 12.7. The van der Waals surface area contributed by atoms with E-state index in [-0.39, 0.29) is 6.61 Å². The number of H-pyrrole nitrogens is 1. The molecule has 0 fully saturated rings. The number of anilines is 1. The van der Waals surface area contributed by atoms with Crippen LogP contribution in [-0.4, -0.2) is 22.1 Å². The highest BCUT2D eigenvalue weighted by Crippen LogP contribution is 2.42. The number of fused-ring (bicyclic) bond motifs is 1. The zero-order valence-electron chi connectivity index (χ0n) is 14.6. The molecule has 0 bridgehead atoms. The molecule has 0 saturated carbocycles. The van der Waals surface area contributed by atoms with E-state index in [0.29, 0.717) is 29.2 Å². The van der Waals surface area contributed by atoms with E-state index < -0.39 is 23.1 Å². The van der Waals surface area contributed by atoms with E-state index in [2.05, 4.69) is 17.2 Å². The van der Waals surface area contributed by atoms with Crippen LogP contribution in [0.15, 0.2) is 45.1 Å². The summed E-state index contributed by atoms with van der Waals surface area (Å²) in [4.78, 5) is 39.6. The van der Waals surface area contributed by atoms with Crippen LogP contribution >= 0.6 is 0 Å². The van der Waals surface area contributed by atoms with Crippen molar-refractivity contribution in [2.24, 2.45) is 0 Å². The van der Waals surface area contributed by atoms with Crippen molar-refractivity contribution in [2.75, 3.05) is 11.9 Å². The van der Waals surface area contributed by atoms with E-state index in [1.54, 1.807) is 0 Å². The van der Waals surface area contributed by atoms with E-state index >= 15 is 0 Å². The Morgan fingerprint density at radius 1 is 1.15 bits per heavy atom. The fraction of sp³-hybridized carbons (Fsp3) is 0.316. The van der Waals surface area contributed by atoms with Crippen molar-refractivity contribution in [3.8, 4) is 0 Å². The number of carbonyl (C=O) groups excluding carboxylic acids is 1. The number of hydrogen-bond acceptors (Lipinski definition) is 5. The Hall–Kier alpha value is -3.09. The molecule has 0 unspecified atom stereocenters. The van der Waals surface area contributed by atoms with Crippen LogP contribution in [0.3, 0.4) is 0 Å². The molecule has 1 atom stereocenters. The second kappa shape index (κ2) is 6.01. The van der Waals surface area contributed by atoms with Crippen molar-refractivity contribution in [3.05, 3.63) is 73.1 Å². The molecule has 7 heteroatoms. The number of aromatic amines is 1. The molecule has 3 heterocycles. The number of nitrogens with zero attached hydrogens (tertiary/aromatic N) is 1. The van der Waals surface area contributed by atoms with E-state index in [4.69, 9.17) is 4.74 Å². The van der Waals surface area contributed by atoms with Gasteiger partial charge in [0.05, 0.1) is 22.8 Å². The van der Waals surface area contributed by atoms with Crippen molar-refractivity contribution in [1.82, 2.24) is 9.55 Å². The Kier molecular flexibility index (Phi) is 3.79. The van der Waals surface area contributed by atoms with E-state index in [9.17, 15) is 14.4 Å². The summed E-state index contributed by atoms with van der Waals surface area (Å²) in [6.07, 6.45) is 0.898. The number of nitrogens with one attached hydrogen (secondary N) is 2. The van der Waals surface area contributed by atoms with Gasteiger partial charge in [-0.2, -0.15) is 0 Å². The zero-order valence-corrected chi connectivity index (χ0v) is 14.6. The van der Waals surface area contributed by atoms with Gasteiger partial charge in [-0.1, -0.05) is 31.2 Å². The Morgan fingerprint density at radius 3 is 2.54 bits per heavy atom. The average Bonchev–Trinajstić information content (AvgIpc) is 3.01. The molecule has 0 saturated heterocycles. The molecule has 134 valence electrons. The third-order valence-electron chi connectivity index (χ3n) is 5.01. The first-order valence-corrected chi connectivity index (χ1v) is 8.68. The topological polar surface area (TPSA) is 93.2 Å². The van der Waals surface area contributed by atoms with Gasteiger partial charge < -0.3 is 10.1 Å². The molecular formula is C19H19N3O4. The van der Waals surface area contributed by atoms with Crippen molar-refractivity contribution in [2.45, 2.75) is 32.7 Å². The maximum absolute atomic E-state index is 12.7. The van der Waals surface area contributed by atoms with Crippen LogP contribution in [0.2, 0.25) is 0 Å². The first-order chi connectivity index (χ1) is 12.5. The lowest BCUT2D eigenvalue weighted by Gasteiger charge is -2.28. The van der Waals surface area contributed by atoms with Gasteiger partial charge in [0.25, 0.3) is 5.56 Å². The molecule has 26 heavy (non-hydrogen) atoms. The summed E-state index contributed by atoms with van der Waals surface area (Å²) in [6, 6.07) is 7.83. The van der Waals surface area contributed by atoms with E-state index in [1.807, 2.05) is 31.2 Å². The van der Waals surface area contributed by atoms with Gasteiger partial charge in [0.1, 0.15) is 12.4 Å². The Bertz CT molecular complexity index is 1040. The molecule has 1 aromatic carbocycles. The van der Waals surface area contributed by atoms with Crippen LogP contribution < -0.4 is 16.6 Å². The number of rotatable bonds is 3. The number of aryl methyl sites for hydroxylation is 1. The Labute approximate surface area is 149 Å². The van der Waals surface area contributed by atoms with Crippen LogP contribution in [0, 0.1) is 0 Å². The number of esters is 1. The summed E-state index contributed by atoms with van der Waals surface area (Å²) < 4.78 is 6.67. The SMILES string of the molecule is CCc1ccc([C@H]2C3=C(COC3=O)Nc3c2c(=O)[nH]c(=O)n3CC)cc1. The van der Waals surface area contributed by atoms with Gasteiger partial charge in [0.15, 0.2) is 0 Å². The summed E-state index contributed by atoms with van der Waals surface area (Å²) in [6.45, 7) is 4.40. The molecule has 0 radical (unpaired) electrons. The van der Waals surface area contributed by atoms with Crippen LogP contribution in [0.25, 0.3) is 0 Å². The highest BCUT2D eigenvalue weighted by molar-refractivity contribution is 5.96. The van der Waals surface area contributed by atoms with Crippen molar-refractivity contribution in [1.29, 1.82) is 0 Å². The molecule has 2 N–H and O–H groups in total. The monoisotopic (exact) mass is 353 g/mol. The number of aromatic nitrogens is 2. The molecule has 0 amide bonds. The van der Waals surface area contributed by atoms with Crippen LogP contribution in [0.1, 0.15) is 36.5 Å². The molecule has 7 nitrogen and oxygen atoms in total. The molecule has 2 aliphatic heterocycles. The minimum absolute atomic E-state index is 0.113. The van der Waals surface area contributed by atoms with Gasteiger partial charge in [-0.05, 0) is 24.5 Å². The standard InChI is InChI=1S/C19H19N3O4/c1-3-10-5-7-11(8-6-10)13-14-12(9-26-18(14)24)20-16-15(13)17(23)21-19(25)22(16)4-2/h5-8,13,20H,3-4,9H2,1-2H3,(H,21,23,25)/t13-/m0/s1. The summed E-state index contributed by atoms with van der Waals surface area (Å²) >= 11 is 0. The number of cyclic esters (lactones) is 1. The maximum Gasteiger partial charge on any atom is 0.337 e. The smallest absolute Gasteiger partial charge is 0.337 e. The highest BCUT2D eigenvalue weighted by atomic mass is 16.5. The molecular weight excluding hydrogens is 334 g/mol. The van der Waals surface area contributed by atoms with Crippen LogP contribution in [0.4, 0.5) is 5.82 Å². The minimum Gasteiger partial charge on any atom is -0.456 e. The third-order valence-corrected chi connectivity index (χ3v) is 5.01. The van der Waals surface area contributed by atoms with Crippen molar-refractivity contribution < 1.29 is 9.53 Å². The molecule has 0 spiro atoms. The predicted octanol–water partition coefficient (Wildman–Crippen LogP) is 1.49. The lowest BCUT2D eigenvalue weighted by molar-refractivity contribution is -0.136. The predicted molar refractivity (Wildman–Crippen MR) is 96.3 cm³/mol. The van der Waals surface area contributed by atoms with Crippen molar-refractivity contribution in [3.63, 3.8) is 0 Å². The Morgan fingerprint density at radius 2 is 1.88 bits per heavy atom. The fourth-order valence-corrected chi connectivity index (χ4v) is 3.67. The van der Waals surface area contributed by atoms with Gasteiger partial charge >= 0.3 is 11.7 Å². The van der Waals surface area contributed by atoms with Gasteiger partial charge in [-0.25, -0.2) is 9.59 Å². The molecule has 0 aliphatic carbocycles. The summed E-state index contributed by atoms with van der Waals surface area (Å²) in [5.41, 5.74) is 2.44. The number of carbonyl (C=O) groups is 1. The second-order valence-corrected chi connectivity index (χ2v) is 6.39. The molecule has 4 rings (SSSR count). The largest absolute Gasteiger partial charge is 0.456 e. The lowest BCUT2D eigenvalue weighted by atomic mass is 9.82. The molecule has 2 aliphatic rings. The molecule has 1 aromatic heterocycles. The second-order valence-electron chi connectivity index (χ2n) is 6.39. The van der Waals surface area contributed by atoms with E-state index in [0.717, 1.165) is 12.0 Å². The summed E-state index contributed by atoms with van der Waals surface area (Å²) in [5, 5.41) is 3.09. The van der Waals surface area contributed by atoms with Gasteiger partial charge in [-0.3, -0.25) is 14.3 Å². The minimum atomic E-state index is -0.565. The summed E-state index contributed by atoms with van der Waals surface area (Å²) in [7, 11) is 0. The van der Waals surface area contributed by atoms with Crippen LogP contribution in [0.5, 0.6) is 0 Å². The average molecular weight is 353 g/mol. The van der Waals surface area contributed by atoms with E-state index in [1.165, 1.54) is 10.1 Å². The highest BCUT2D eigenvalue weighted by Gasteiger charge is 2.41. The number of benzene rings is 1. The normalized spacial score (nSPS) is 18.2. The van der Waals surface area contributed by atoms with Crippen LogP contribution in [-0.2, 0) is 22.5 Å². The lowest BCUT2D eigenvalue weighted by Crippen LogP contribution is -2.38. The number of ether oxygens (including phenoxy) is 1. The first-order valence-electron chi connectivity index (χ1n) is 8.68.